The molecule has 2 N–H and O–H groups in total. The number of amides is 2. The second-order valence-corrected chi connectivity index (χ2v) is 17.3. The average Bonchev–Trinajstić information content (AvgIpc) is 3.51. The van der Waals surface area contributed by atoms with E-state index in [1.165, 1.54) is 47.8 Å². The lowest BCUT2D eigenvalue weighted by molar-refractivity contribution is 0.0508. The van der Waals surface area contributed by atoms with E-state index in [0.29, 0.717) is 37.8 Å². The number of aryl methyl sites for hydroxylation is 1. The lowest BCUT2D eigenvalue weighted by Crippen LogP contribution is -2.49. The Morgan fingerprint density at radius 1 is 0.920 bits per heavy atom. The highest BCUT2D eigenvalue weighted by Gasteiger charge is 2.31. The maximum Gasteiger partial charge on any atom is 0.407 e. The molecule has 0 saturated carbocycles. The zero-order valence-electron chi connectivity index (χ0n) is 29.1. The van der Waals surface area contributed by atoms with Gasteiger partial charge in [-0.2, -0.15) is 9.29 Å². The Kier molecular flexibility index (Phi) is 10.6. The molecular formula is C33H44N8O7S2. The molecule has 17 heteroatoms. The molecule has 0 bridgehead atoms. The number of ether oxygens (including phenoxy) is 1. The van der Waals surface area contributed by atoms with Gasteiger partial charge in [0.2, 0.25) is 26.0 Å². The Balaban J connectivity index is 1.19. The first-order valence-electron chi connectivity index (χ1n) is 16.2. The number of rotatable bonds is 9. The van der Waals surface area contributed by atoms with Gasteiger partial charge in [0.05, 0.1) is 28.4 Å². The van der Waals surface area contributed by atoms with Crippen molar-refractivity contribution in [3.8, 4) is 0 Å². The van der Waals surface area contributed by atoms with E-state index in [0.717, 1.165) is 28.5 Å². The number of hydrogen-bond donors (Lipinski definition) is 2. The molecule has 2 aliphatic heterocycles. The van der Waals surface area contributed by atoms with E-state index >= 15 is 0 Å². The van der Waals surface area contributed by atoms with Crippen LogP contribution in [0.2, 0.25) is 0 Å². The lowest BCUT2D eigenvalue weighted by atomic mass is 10.1. The minimum Gasteiger partial charge on any atom is -0.444 e. The van der Waals surface area contributed by atoms with Gasteiger partial charge < -0.3 is 25.2 Å². The maximum atomic E-state index is 13.5. The Morgan fingerprint density at radius 3 is 2.22 bits per heavy atom. The van der Waals surface area contributed by atoms with E-state index in [1.807, 2.05) is 38.7 Å². The number of anilines is 4. The van der Waals surface area contributed by atoms with Gasteiger partial charge >= 0.3 is 6.09 Å². The number of aromatic nitrogens is 2. The van der Waals surface area contributed by atoms with E-state index in [9.17, 15) is 26.4 Å². The molecular weight excluding hydrogens is 685 g/mol. The van der Waals surface area contributed by atoms with Crippen molar-refractivity contribution in [2.24, 2.45) is 0 Å². The molecule has 3 aromatic rings. The number of carbonyl (C=O) groups is 2. The number of benzene rings is 2. The second kappa shape index (κ2) is 14.4. The molecule has 0 aliphatic carbocycles. The average molecular weight is 729 g/mol. The summed E-state index contributed by atoms with van der Waals surface area (Å²) >= 11 is 0. The van der Waals surface area contributed by atoms with Gasteiger partial charge in [0.25, 0.3) is 5.91 Å². The van der Waals surface area contributed by atoms with Crippen LogP contribution in [0.1, 0.15) is 43.2 Å². The van der Waals surface area contributed by atoms with E-state index < -0.39 is 37.6 Å². The molecule has 50 heavy (non-hydrogen) atoms. The smallest absolute Gasteiger partial charge is 0.407 e. The van der Waals surface area contributed by atoms with Crippen molar-refractivity contribution in [1.82, 2.24) is 19.6 Å². The molecule has 270 valence electrons. The van der Waals surface area contributed by atoms with Crippen LogP contribution in [-0.2, 0) is 24.8 Å². The molecule has 2 amide bonds. The molecule has 0 unspecified atom stereocenters. The SMILES string of the molecule is Cc1cc(N2CC[C@H](NC(=O)OC(C)(C)C)C2)nc(N2CCN(S(=O)(=O)c3ccc(NC(=O)c4ccccc4N(C)S(C)(=O)=O)cc3)CC2)n1. The highest BCUT2D eigenvalue weighted by atomic mass is 32.2. The standard InChI is InChI=1S/C33H44N8O7S2/c1-23-21-29(40-16-15-25(22-40)36-32(43)48-33(2,3)4)37-31(34-23)39-17-19-41(20-18-39)50(46,47)26-13-11-24(12-14-26)35-30(42)27-9-7-8-10-28(27)38(5)49(6,44)45/h7-14,21,25H,15-20,22H2,1-6H3,(H,35,42)(H,36,43)/t25-/m0/s1. The number of para-hydroxylation sites is 1. The van der Waals surface area contributed by atoms with Crippen LogP contribution in [0.15, 0.2) is 59.5 Å². The monoisotopic (exact) mass is 728 g/mol. The summed E-state index contributed by atoms with van der Waals surface area (Å²) in [7, 11) is -6.06. The van der Waals surface area contributed by atoms with E-state index in [4.69, 9.17) is 9.72 Å². The van der Waals surface area contributed by atoms with Crippen LogP contribution >= 0.6 is 0 Å². The predicted molar refractivity (Wildman–Crippen MR) is 192 cm³/mol. The lowest BCUT2D eigenvalue weighted by Gasteiger charge is -2.34. The van der Waals surface area contributed by atoms with Crippen molar-refractivity contribution >= 4 is 55.2 Å². The first-order chi connectivity index (χ1) is 23.4. The third kappa shape index (κ3) is 8.81. The van der Waals surface area contributed by atoms with Crippen molar-refractivity contribution in [2.45, 2.75) is 50.7 Å². The molecule has 2 aromatic carbocycles. The number of piperazine rings is 1. The number of nitrogens with zero attached hydrogens (tertiary/aromatic N) is 6. The quantitative estimate of drug-likeness (QED) is 0.332. The third-order valence-electron chi connectivity index (χ3n) is 8.32. The van der Waals surface area contributed by atoms with Crippen LogP contribution in [0.25, 0.3) is 0 Å². The Morgan fingerprint density at radius 2 is 1.58 bits per heavy atom. The Bertz CT molecular complexity index is 1940. The van der Waals surface area contributed by atoms with Crippen molar-refractivity contribution in [3.63, 3.8) is 0 Å². The van der Waals surface area contributed by atoms with Crippen LogP contribution < -0.4 is 24.7 Å². The minimum absolute atomic E-state index is 0.0756. The molecule has 15 nitrogen and oxygen atoms in total. The van der Waals surface area contributed by atoms with Gasteiger partial charge in [0.15, 0.2) is 0 Å². The molecule has 2 saturated heterocycles. The van der Waals surface area contributed by atoms with Crippen LogP contribution in [0.5, 0.6) is 0 Å². The number of carbonyl (C=O) groups excluding carboxylic acids is 2. The highest BCUT2D eigenvalue weighted by Crippen LogP contribution is 2.26. The number of sulfonamides is 2. The van der Waals surface area contributed by atoms with E-state index in [2.05, 4.69) is 20.5 Å². The normalized spacial score (nSPS) is 17.4. The zero-order valence-corrected chi connectivity index (χ0v) is 30.7. The van der Waals surface area contributed by atoms with Gasteiger partial charge in [-0.25, -0.2) is 26.6 Å². The van der Waals surface area contributed by atoms with Gasteiger partial charge in [0, 0.05) is 63.8 Å². The first-order valence-corrected chi connectivity index (χ1v) is 19.5. The zero-order chi connectivity index (χ0) is 36.4. The highest BCUT2D eigenvalue weighted by molar-refractivity contribution is 7.92. The van der Waals surface area contributed by atoms with Crippen LogP contribution in [0.4, 0.5) is 27.9 Å². The molecule has 0 radical (unpaired) electrons. The Labute approximate surface area is 293 Å². The Hall–Kier alpha value is -4.48. The molecule has 2 aliphatic rings. The summed E-state index contributed by atoms with van der Waals surface area (Å²) in [5, 5.41) is 5.65. The molecule has 5 rings (SSSR count). The van der Waals surface area contributed by atoms with Gasteiger partial charge in [-0.3, -0.25) is 9.10 Å². The van der Waals surface area contributed by atoms with Crippen LogP contribution in [-0.4, -0.2) is 107 Å². The fourth-order valence-corrected chi connectivity index (χ4v) is 7.64. The summed E-state index contributed by atoms with van der Waals surface area (Å²) in [5.41, 5.74) is 0.926. The summed E-state index contributed by atoms with van der Waals surface area (Å²) < 4.78 is 59.1. The van der Waals surface area contributed by atoms with Gasteiger partial charge in [-0.1, -0.05) is 12.1 Å². The topological polar surface area (TPSA) is 174 Å². The molecule has 3 heterocycles. The predicted octanol–water partition coefficient (Wildman–Crippen LogP) is 3.05. The number of nitrogens with one attached hydrogen (secondary N) is 2. The first kappa shape index (κ1) is 36.8. The number of alkyl carbamates (subject to hydrolysis) is 1. The summed E-state index contributed by atoms with van der Waals surface area (Å²) in [5.74, 6) is 0.727. The maximum absolute atomic E-state index is 13.5. The number of hydrogen-bond acceptors (Lipinski definition) is 11. The van der Waals surface area contributed by atoms with Crippen molar-refractivity contribution in [2.75, 3.05) is 72.0 Å². The van der Waals surface area contributed by atoms with Crippen molar-refractivity contribution < 1.29 is 31.2 Å². The van der Waals surface area contributed by atoms with Crippen LogP contribution in [0, 0.1) is 6.92 Å². The largest absolute Gasteiger partial charge is 0.444 e. The van der Waals surface area contributed by atoms with Crippen LogP contribution in [0.3, 0.4) is 0 Å². The molecule has 0 spiro atoms. The van der Waals surface area contributed by atoms with E-state index in [-0.39, 0.29) is 35.3 Å². The molecule has 1 atom stereocenters. The summed E-state index contributed by atoms with van der Waals surface area (Å²) in [6.45, 7) is 9.88. The summed E-state index contributed by atoms with van der Waals surface area (Å²) in [4.78, 5) is 38.9. The van der Waals surface area contributed by atoms with Crippen molar-refractivity contribution in [1.29, 1.82) is 0 Å². The van der Waals surface area contributed by atoms with E-state index in [1.54, 1.807) is 12.1 Å². The third-order valence-corrected chi connectivity index (χ3v) is 11.4. The van der Waals surface area contributed by atoms with Gasteiger partial charge in [0.1, 0.15) is 11.4 Å². The van der Waals surface area contributed by atoms with Crippen molar-refractivity contribution in [3.05, 3.63) is 65.9 Å². The van der Waals surface area contributed by atoms with Gasteiger partial charge in [-0.15, -0.1) is 0 Å². The molecule has 1 aromatic heterocycles. The minimum atomic E-state index is -3.83. The summed E-state index contributed by atoms with van der Waals surface area (Å²) in [6.07, 6.45) is 1.35. The second-order valence-electron chi connectivity index (χ2n) is 13.4. The fraction of sp³-hybridized carbons (Fsp3) is 0.455. The van der Waals surface area contributed by atoms with Gasteiger partial charge in [-0.05, 0) is 70.5 Å². The molecule has 2 fully saturated rings. The fourth-order valence-electron chi connectivity index (χ4n) is 5.71. The summed E-state index contributed by atoms with van der Waals surface area (Å²) in [6, 6.07) is 14.0.